The first kappa shape index (κ1) is 19.9. The molecule has 1 atom stereocenters. The fourth-order valence-electron chi connectivity index (χ4n) is 2.20. The van der Waals surface area contributed by atoms with Crippen molar-refractivity contribution in [2.24, 2.45) is 0 Å². The molecule has 1 heterocycles. The topological polar surface area (TPSA) is 135 Å². The number of nitrogens with one attached hydrogen (secondary N) is 2. The molecule has 0 spiro atoms. The Kier molecular flexibility index (Phi) is 6.47. The van der Waals surface area contributed by atoms with Crippen LogP contribution in [0.2, 0.25) is 0 Å². The van der Waals surface area contributed by atoms with Gasteiger partial charge in [-0.3, -0.25) is 10.5 Å². The average molecular weight is 384 g/mol. The van der Waals surface area contributed by atoms with Crippen LogP contribution in [0.4, 0.5) is 11.5 Å². The average Bonchev–Trinajstić information content (AvgIpc) is 2.67. The molecule has 0 bridgehead atoms. The van der Waals surface area contributed by atoms with Crippen molar-refractivity contribution in [3.8, 4) is 23.6 Å². The zero-order chi connectivity index (χ0) is 20.0. The monoisotopic (exact) mass is 384 g/mol. The summed E-state index contributed by atoms with van der Waals surface area (Å²) in [5.41, 5.74) is 6.74. The highest BCUT2D eigenvalue weighted by molar-refractivity contribution is 8.00. The van der Waals surface area contributed by atoms with Crippen LogP contribution < -0.4 is 25.5 Å². The number of pyridine rings is 1. The van der Waals surface area contributed by atoms with Gasteiger partial charge in [0.15, 0.2) is 16.5 Å². The lowest BCUT2D eigenvalue weighted by Gasteiger charge is -2.13. The Morgan fingerprint density at radius 3 is 2.44 bits per heavy atom. The molecular formula is C18H18N5O3S+. The predicted octanol–water partition coefficient (Wildman–Crippen LogP) is 1.96. The Hall–Kier alpha value is -3.43. The normalized spacial score (nSPS) is 11.0. The molecule has 1 aromatic heterocycles. The zero-order valence-electron chi connectivity index (χ0n) is 15.0. The van der Waals surface area contributed by atoms with Gasteiger partial charge >= 0.3 is 0 Å². The van der Waals surface area contributed by atoms with Crippen LogP contribution in [-0.4, -0.2) is 25.4 Å². The Bertz CT molecular complexity index is 949. The van der Waals surface area contributed by atoms with E-state index in [9.17, 15) is 10.1 Å². The molecule has 0 saturated carbocycles. The van der Waals surface area contributed by atoms with E-state index in [1.54, 1.807) is 25.1 Å². The Balaban J connectivity index is 2.16. The maximum atomic E-state index is 12.5. The number of ether oxygens (including phenoxy) is 2. The number of aromatic nitrogens is 1. The van der Waals surface area contributed by atoms with Crippen LogP contribution in [0.3, 0.4) is 0 Å². The SMILES string of the molecule is COc1ccc(NC(=O)[C@H](C)Sc2[nH+]c(N)c(C#N)cc2C#N)cc1OC. The minimum Gasteiger partial charge on any atom is -0.493 e. The maximum absolute atomic E-state index is 12.5. The summed E-state index contributed by atoms with van der Waals surface area (Å²) < 4.78 is 10.4. The van der Waals surface area contributed by atoms with Crippen molar-refractivity contribution in [1.82, 2.24) is 0 Å². The van der Waals surface area contributed by atoms with E-state index in [1.807, 2.05) is 12.1 Å². The van der Waals surface area contributed by atoms with Crippen LogP contribution in [0.15, 0.2) is 29.3 Å². The largest absolute Gasteiger partial charge is 0.493 e. The molecule has 0 fully saturated rings. The molecule has 0 radical (unpaired) electrons. The molecule has 8 nitrogen and oxygen atoms in total. The van der Waals surface area contributed by atoms with E-state index >= 15 is 0 Å². The number of amides is 1. The van der Waals surface area contributed by atoms with E-state index < -0.39 is 5.25 Å². The molecule has 2 rings (SSSR count). The number of rotatable bonds is 6. The van der Waals surface area contributed by atoms with Gasteiger partial charge in [0.2, 0.25) is 5.91 Å². The Labute approximate surface area is 160 Å². The van der Waals surface area contributed by atoms with Gasteiger partial charge in [-0.15, -0.1) is 0 Å². The van der Waals surface area contributed by atoms with E-state index in [2.05, 4.69) is 10.3 Å². The molecule has 2 aromatic rings. The van der Waals surface area contributed by atoms with Gasteiger partial charge < -0.3 is 14.8 Å². The highest BCUT2D eigenvalue weighted by atomic mass is 32.2. The van der Waals surface area contributed by atoms with Crippen molar-refractivity contribution in [1.29, 1.82) is 10.5 Å². The number of carbonyl (C=O) groups excluding carboxylic acids is 1. The van der Waals surface area contributed by atoms with Crippen molar-refractivity contribution in [2.45, 2.75) is 17.2 Å². The molecule has 27 heavy (non-hydrogen) atoms. The molecule has 0 aliphatic rings. The van der Waals surface area contributed by atoms with Crippen molar-refractivity contribution in [3.05, 3.63) is 35.4 Å². The lowest BCUT2D eigenvalue weighted by atomic mass is 10.2. The Morgan fingerprint density at radius 2 is 1.85 bits per heavy atom. The van der Waals surface area contributed by atoms with Gasteiger partial charge in [0.1, 0.15) is 23.3 Å². The van der Waals surface area contributed by atoms with Gasteiger partial charge in [0, 0.05) is 11.8 Å². The highest BCUT2D eigenvalue weighted by Gasteiger charge is 2.21. The first-order chi connectivity index (χ1) is 12.9. The van der Waals surface area contributed by atoms with Crippen molar-refractivity contribution in [2.75, 3.05) is 25.3 Å². The number of benzene rings is 1. The second-order valence-corrected chi connectivity index (χ2v) is 6.73. The third kappa shape index (κ3) is 4.60. The number of aromatic amines is 1. The predicted molar refractivity (Wildman–Crippen MR) is 100 cm³/mol. The van der Waals surface area contributed by atoms with Gasteiger partial charge in [-0.2, -0.15) is 10.5 Å². The van der Waals surface area contributed by atoms with Gasteiger partial charge in [0.05, 0.1) is 19.5 Å². The van der Waals surface area contributed by atoms with Crippen LogP contribution in [-0.2, 0) is 4.79 Å². The third-order valence-corrected chi connectivity index (χ3v) is 4.75. The number of thioether (sulfide) groups is 1. The highest BCUT2D eigenvalue weighted by Crippen LogP contribution is 2.30. The molecule has 138 valence electrons. The van der Waals surface area contributed by atoms with E-state index in [-0.39, 0.29) is 22.9 Å². The number of methoxy groups -OCH3 is 2. The first-order valence-electron chi connectivity index (χ1n) is 7.79. The van der Waals surface area contributed by atoms with Crippen LogP contribution in [0.25, 0.3) is 0 Å². The second-order valence-electron chi connectivity index (χ2n) is 5.38. The zero-order valence-corrected chi connectivity index (χ0v) is 15.8. The smallest absolute Gasteiger partial charge is 0.289 e. The number of hydrogen-bond acceptors (Lipinski definition) is 7. The molecule has 0 aliphatic carbocycles. The van der Waals surface area contributed by atoms with Crippen molar-refractivity contribution >= 4 is 29.2 Å². The quantitative estimate of drug-likeness (QED) is 0.727. The lowest BCUT2D eigenvalue weighted by molar-refractivity contribution is -0.410. The standard InChI is InChI=1S/C18H17N5O3S/c1-10(27-18-12(9-20)6-11(8-19)16(21)23-18)17(24)22-13-4-5-14(25-2)15(7-13)26-3/h4-7,10H,1-3H3,(H2,21,23)(H,22,24)/p+1/t10-/m0/s1. The molecule has 1 amide bonds. The van der Waals surface area contributed by atoms with E-state index in [1.165, 1.54) is 20.3 Å². The van der Waals surface area contributed by atoms with Crippen molar-refractivity contribution < 1.29 is 19.3 Å². The van der Waals surface area contributed by atoms with Gasteiger partial charge in [-0.1, -0.05) is 11.8 Å². The molecule has 0 unspecified atom stereocenters. The Morgan fingerprint density at radius 1 is 1.19 bits per heavy atom. The number of nitrogens with two attached hydrogens (primary N) is 1. The number of nitrogens with zero attached hydrogens (tertiary/aromatic N) is 2. The molecule has 4 N–H and O–H groups in total. The summed E-state index contributed by atoms with van der Waals surface area (Å²) >= 11 is 1.14. The molecular weight excluding hydrogens is 366 g/mol. The summed E-state index contributed by atoms with van der Waals surface area (Å²) in [7, 11) is 3.04. The number of nitriles is 2. The summed E-state index contributed by atoms with van der Waals surface area (Å²) in [4.78, 5) is 15.3. The molecule has 9 heteroatoms. The minimum atomic E-state index is -0.534. The number of H-pyrrole nitrogens is 1. The van der Waals surface area contributed by atoms with E-state index in [0.717, 1.165) is 11.8 Å². The maximum Gasteiger partial charge on any atom is 0.289 e. The molecule has 0 aliphatic heterocycles. The fraction of sp³-hybridized carbons (Fsp3) is 0.222. The van der Waals surface area contributed by atoms with Gasteiger partial charge in [0.25, 0.3) is 5.82 Å². The fourth-order valence-corrected chi connectivity index (χ4v) is 3.12. The first-order valence-corrected chi connectivity index (χ1v) is 8.67. The molecule has 0 saturated heterocycles. The minimum absolute atomic E-state index is 0.145. The third-order valence-electron chi connectivity index (χ3n) is 3.63. The summed E-state index contributed by atoms with van der Waals surface area (Å²) in [6.45, 7) is 1.70. The summed E-state index contributed by atoms with van der Waals surface area (Å²) in [5.74, 6) is 0.925. The van der Waals surface area contributed by atoms with Gasteiger partial charge in [-0.25, -0.2) is 4.98 Å². The van der Waals surface area contributed by atoms with Crippen LogP contribution >= 0.6 is 11.8 Å². The van der Waals surface area contributed by atoms with E-state index in [4.69, 9.17) is 20.5 Å². The van der Waals surface area contributed by atoms with Crippen LogP contribution in [0.5, 0.6) is 11.5 Å². The van der Waals surface area contributed by atoms with Crippen LogP contribution in [0.1, 0.15) is 18.1 Å². The van der Waals surface area contributed by atoms with Gasteiger partial charge in [-0.05, 0) is 25.1 Å². The number of anilines is 2. The molecule has 1 aromatic carbocycles. The number of hydrogen-bond donors (Lipinski definition) is 2. The summed E-state index contributed by atoms with van der Waals surface area (Å²) in [6, 6.07) is 10.3. The lowest BCUT2D eigenvalue weighted by Crippen LogP contribution is -2.25. The van der Waals surface area contributed by atoms with E-state index in [0.29, 0.717) is 22.2 Å². The van der Waals surface area contributed by atoms with Crippen LogP contribution in [0, 0.1) is 22.7 Å². The number of nitrogen functional groups attached to an aromatic ring is 1. The summed E-state index contributed by atoms with van der Waals surface area (Å²) in [6.07, 6.45) is 0. The summed E-state index contributed by atoms with van der Waals surface area (Å²) in [5, 5.41) is 20.9. The van der Waals surface area contributed by atoms with Crippen molar-refractivity contribution in [3.63, 3.8) is 0 Å². The second kappa shape index (κ2) is 8.79. The number of carbonyl (C=O) groups is 1.